The highest BCUT2D eigenvalue weighted by Gasteiger charge is 2.32. The highest BCUT2D eigenvalue weighted by atomic mass is 16.5. The molecule has 1 fully saturated rings. The van der Waals surface area contributed by atoms with Crippen LogP contribution in [0.4, 0.5) is 23.0 Å². The maximum atomic E-state index is 12.4. The lowest BCUT2D eigenvalue weighted by atomic mass is 10.1. The number of anilines is 4. The Morgan fingerprint density at radius 3 is 2.39 bits per heavy atom. The Balaban J connectivity index is 1.57. The van der Waals surface area contributed by atoms with Crippen LogP contribution in [-0.4, -0.2) is 62.6 Å². The molecule has 1 aromatic carbocycles. The summed E-state index contributed by atoms with van der Waals surface area (Å²) < 4.78 is 15.2. The zero-order valence-corrected chi connectivity index (χ0v) is 19.0. The van der Waals surface area contributed by atoms with E-state index in [4.69, 9.17) is 14.2 Å². The highest BCUT2D eigenvalue weighted by Crippen LogP contribution is 2.29. The number of aryl methyl sites for hydroxylation is 1. The van der Waals surface area contributed by atoms with Gasteiger partial charge >= 0.3 is 11.9 Å². The van der Waals surface area contributed by atoms with E-state index in [0.717, 1.165) is 24.6 Å². The molecule has 1 aromatic heterocycles. The first-order chi connectivity index (χ1) is 16.0. The van der Waals surface area contributed by atoms with E-state index in [1.807, 2.05) is 37.3 Å². The second kappa shape index (κ2) is 9.86. The third-order valence-corrected chi connectivity index (χ3v) is 5.54. The predicted octanol–water partition coefficient (Wildman–Crippen LogP) is 2.52. The summed E-state index contributed by atoms with van der Waals surface area (Å²) in [4.78, 5) is 37.5. The van der Waals surface area contributed by atoms with Gasteiger partial charge in [0.1, 0.15) is 29.9 Å². The normalized spacial score (nSPS) is 16.1. The van der Waals surface area contributed by atoms with Crippen molar-refractivity contribution in [3.05, 3.63) is 47.4 Å². The fraction of sp³-hybridized carbons (Fsp3) is 0.391. The summed E-state index contributed by atoms with van der Waals surface area (Å²) in [5, 5.41) is 3.31. The van der Waals surface area contributed by atoms with Crippen molar-refractivity contribution >= 4 is 34.9 Å². The Hall–Kier alpha value is -3.66. The van der Waals surface area contributed by atoms with Gasteiger partial charge in [0, 0.05) is 30.5 Å². The molecule has 0 atom stereocenters. The molecule has 0 radical (unpaired) electrons. The largest absolute Gasteiger partial charge is 0.466 e. The Morgan fingerprint density at radius 1 is 1.03 bits per heavy atom. The van der Waals surface area contributed by atoms with Gasteiger partial charge in [0.25, 0.3) is 0 Å². The lowest BCUT2D eigenvalue weighted by Crippen LogP contribution is -2.38. The van der Waals surface area contributed by atoms with E-state index in [2.05, 4.69) is 20.2 Å². The van der Waals surface area contributed by atoms with Gasteiger partial charge in [-0.3, -0.25) is 0 Å². The molecule has 10 nitrogen and oxygen atoms in total. The number of methoxy groups -OCH3 is 2. The van der Waals surface area contributed by atoms with Crippen molar-refractivity contribution in [3.8, 4) is 0 Å². The van der Waals surface area contributed by atoms with E-state index in [1.54, 1.807) is 4.90 Å². The monoisotopic (exact) mass is 453 g/mol. The molecule has 0 unspecified atom stereocenters. The van der Waals surface area contributed by atoms with Crippen molar-refractivity contribution in [2.75, 3.05) is 55.8 Å². The minimum absolute atomic E-state index is 0.0281. The van der Waals surface area contributed by atoms with Crippen LogP contribution in [0.5, 0.6) is 0 Å². The molecular weight excluding hydrogens is 426 g/mol. The van der Waals surface area contributed by atoms with Gasteiger partial charge in [-0.05, 0) is 44.0 Å². The quantitative estimate of drug-likeness (QED) is 0.656. The standard InChI is InChI=1S/C23H27N5O5/c1-15-24-19(12-20(25-15)27-10-4-5-11-27)26-16-6-8-17(9-7-16)28-14-33-13-18(22(29)31-2)21(28)23(30)32-3/h6-9,12H,4-5,10-11,13-14H2,1-3H3,(H,24,25,26). The molecule has 0 spiro atoms. The van der Waals surface area contributed by atoms with Crippen LogP contribution in [0.2, 0.25) is 0 Å². The molecule has 3 heterocycles. The van der Waals surface area contributed by atoms with Crippen LogP contribution in [0.1, 0.15) is 18.7 Å². The number of ether oxygens (including phenoxy) is 3. The average molecular weight is 453 g/mol. The Morgan fingerprint density at radius 2 is 1.73 bits per heavy atom. The molecule has 33 heavy (non-hydrogen) atoms. The summed E-state index contributed by atoms with van der Waals surface area (Å²) in [5.74, 6) is 1.07. The summed E-state index contributed by atoms with van der Waals surface area (Å²) in [6.07, 6.45) is 2.35. The van der Waals surface area contributed by atoms with E-state index in [9.17, 15) is 9.59 Å². The number of hydrogen-bond acceptors (Lipinski definition) is 10. The van der Waals surface area contributed by atoms with E-state index in [-0.39, 0.29) is 24.6 Å². The number of nitrogens with zero attached hydrogens (tertiary/aromatic N) is 4. The van der Waals surface area contributed by atoms with Crippen LogP contribution in [0.3, 0.4) is 0 Å². The molecule has 0 saturated carbocycles. The smallest absolute Gasteiger partial charge is 0.355 e. The molecule has 0 aliphatic carbocycles. The molecule has 2 aliphatic heterocycles. The summed E-state index contributed by atoms with van der Waals surface area (Å²) in [6.45, 7) is 3.96. The summed E-state index contributed by atoms with van der Waals surface area (Å²) in [7, 11) is 2.53. The maximum absolute atomic E-state index is 12.4. The van der Waals surface area contributed by atoms with Crippen molar-refractivity contribution in [1.82, 2.24) is 9.97 Å². The number of nitrogens with one attached hydrogen (secondary N) is 1. The number of rotatable bonds is 6. The zero-order chi connectivity index (χ0) is 23.4. The second-order valence-electron chi connectivity index (χ2n) is 7.74. The van der Waals surface area contributed by atoms with Crippen LogP contribution >= 0.6 is 0 Å². The van der Waals surface area contributed by atoms with Crippen LogP contribution in [0, 0.1) is 6.92 Å². The van der Waals surface area contributed by atoms with Crippen LogP contribution in [-0.2, 0) is 23.8 Å². The van der Waals surface area contributed by atoms with Crippen LogP contribution < -0.4 is 15.1 Å². The summed E-state index contributed by atoms with van der Waals surface area (Å²) in [6, 6.07) is 9.33. The van der Waals surface area contributed by atoms with Crippen molar-refractivity contribution in [2.24, 2.45) is 0 Å². The minimum atomic E-state index is -0.633. The predicted molar refractivity (Wildman–Crippen MR) is 122 cm³/mol. The van der Waals surface area contributed by atoms with Crippen molar-refractivity contribution in [1.29, 1.82) is 0 Å². The van der Waals surface area contributed by atoms with Gasteiger partial charge in [0.15, 0.2) is 0 Å². The second-order valence-corrected chi connectivity index (χ2v) is 7.74. The fourth-order valence-electron chi connectivity index (χ4n) is 3.94. The third kappa shape index (κ3) is 4.90. The lowest BCUT2D eigenvalue weighted by molar-refractivity contribution is -0.140. The SMILES string of the molecule is COC(=O)C1=C(C(=O)OC)N(c2ccc(Nc3cc(N4CCCC4)nc(C)n3)cc2)COC1. The van der Waals surface area contributed by atoms with E-state index in [1.165, 1.54) is 27.1 Å². The van der Waals surface area contributed by atoms with Crippen LogP contribution in [0.25, 0.3) is 0 Å². The molecule has 1 N–H and O–H groups in total. The van der Waals surface area contributed by atoms with E-state index in [0.29, 0.717) is 17.3 Å². The topological polar surface area (TPSA) is 106 Å². The maximum Gasteiger partial charge on any atom is 0.355 e. The van der Waals surface area contributed by atoms with Crippen LogP contribution in [0.15, 0.2) is 41.6 Å². The molecule has 0 amide bonds. The Labute approximate surface area is 192 Å². The zero-order valence-electron chi connectivity index (χ0n) is 19.0. The van der Waals surface area contributed by atoms with Crippen molar-refractivity contribution < 1.29 is 23.8 Å². The van der Waals surface area contributed by atoms with Gasteiger partial charge in [0.2, 0.25) is 0 Å². The molecular formula is C23H27N5O5. The molecule has 174 valence electrons. The van der Waals surface area contributed by atoms with E-state index >= 15 is 0 Å². The average Bonchev–Trinajstić information content (AvgIpc) is 3.38. The first-order valence-electron chi connectivity index (χ1n) is 10.7. The first-order valence-corrected chi connectivity index (χ1v) is 10.7. The number of carbonyl (C=O) groups is 2. The van der Waals surface area contributed by atoms with Gasteiger partial charge in [-0.15, -0.1) is 0 Å². The lowest BCUT2D eigenvalue weighted by Gasteiger charge is -2.31. The fourth-order valence-corrected chi connectivity index (χ4v) is 3.94. The molecule has 2 aliphatic rings. The van der Waals surface area contributed by atoms with Gasteiger partial charge in [-0.25, -0.2) is 19.6 Å². The molecule has 0 bridgehead atoms. The summed E-state index contributed by atoms with van der Waals surface area (Å²) >= 11 is 0. The molecule has 1 saturated heterocycles. The number of esters is 2. The summed E-state index contributed by atoms with van der Waals surface area (Å²) in [5.41, 5.74) is 1.71. The van der Waals surface area contributed by atoms with E-state index < -0.39 is 11.9 Å². The number of aromatic nitrogens is 2. The number of carbonyl (C=O) groups excluding carboxylic acids is 2. The number of hydrogen-bond donors (Lipinski definition) is 1. The number of benzene rings is 1. The molecule has 10 heteroatoms. The van der Waals surface area contributed by atoms with Gasteiger partial charge in [0.05, 0.1) is 26.4 Å². The Bertz CT molecular complexity index is 1060. The highest BCUT2D eigenvalue weighted by molar-refractivity contribution is 6.03. The van der Waals surface area contributed by atoms with Crippen molar-refractivity contribution in [2.45, 2.75) is 19.8 Å². The minimum Gasteiger partial charge on any atom is -0.466 e. The molecule has 4 rings (SSSR count). The molecule has 2 aromatic rings. The third-order valence-electron chi connectivity index (χ3n) is 5.54. The van der Waals surface area contributed by atoms with Gasteiger partial charge < -0.3 is 29.3 Å². The first kappa shape index (κ1) is 22.5. The van der Waals surface area contributed by atoms with Gasteiger partial charge in [-0.2, -0.15) is 0 Å². The van der Waals surface area contributed by atoms with Crippen molar-refractivity contribution in [3.63, 3.8) is 0 Å². The Kier molecular flexibility index (Phi) is 6.74. The van der Waals surface area contributed by atoms with Gasteiger partial charge in [-0.1, -0.05) is 0 Å².